The topological polar surface area (TPSA) is 112 Å². The van der Waals surface area contributed by atoms with E-state index in [4.69, 9.17) is 28.7 Å². The number of ether oxygens (including phenoxy) is 5. The minimum absolute atomic E-state index is 0.0214. The number of pyridine rings is 1. The predicted molar refractivity (Wildman–Crippen MR) is 193 cm³/mol. The highest BCUT2D eigenvalue weighted by atomic mass is 19.2. The van der Waals surface area contributed by atoms with Gasteiger partial charge in [0, 0.05) is 37.6 Å². The quantitative estimate of drug-likeness (QED) is 0.151. The Labute approximate surface area is 314 Å². The summed E-state index contributed by atoms with van der Waals surface area (Å²) in [5, 5.41) is 0.197. The van der Waals surface area contributed by atoms with Crippen molar-refractivity contribution < 1.29 is 46.0 Å². The van der Waals surface area contributed by atoms with Gasteiger partial charge in [-0.25, -0.2) is 27.3 Å². The number of nitrogens with zero attached hydrogens (tertiary/aromatic N) is 6. The van der Waals surface area contributed by atoms with Crippen LogP contribution in [0.3, 0.4) is 0 Å². The predicted octanol–water partition coefficient (Wildman–Crippen LogP) is 6.55. The van der Waals surface area contributed by atoms with Gasteiger partial charge in [0.05, 0.1) is 23.7 Å². The molecule has 12 nitrogen and oxygen atoms in total. The van der Waals surface area contributed by atoms with Crippen molar-refractivity contribution in [1.82, 2.24) is 24.8 Å². The second-order valence-electron chi connectivity index (χ2n) is 16.2. The van der Waals surface area contributed by atoms with Crippen LogP contribution < -0.4 is 19.1 Å². The number of carbonyl (C=O) groups is 1. The van der Waals surface area contributed by atoms with Gasteiger partial charge in [0.25, 0.3) is 0 Å². The molecule has 0 saturated carbocycles. The van der Waals surface area contributed by atoms with Crippen molar-refractivity contribution in [2.45, 2.75) is 88.3 Å². The summed E-state index contributed by atoms with van der Waals surface area (Å²) in [6.07, 6.45) is 1.92. The molecule has 5 atom stereocenters. The number of rotatable bonds is 7. The maximum Gasteiger partial charge on any atom is 0.410 e. The van der Waals surface area contributed by atoms with E-state index in [1.165, 1.54) is 25.3 Å². The van der Waals surface area contributed by atoms with Crippen LogP contribution in [0.1, 0.15) is 52.9 Å². The molecule has 16 heteroatoms. The zero-order valence-corrected chi connectivity index (χ0v) is 31.0. The van der Waals surface area contributed by atoms with Crippen LogP contribution in [-0.2, 0) is 9.47 Å². The lowest BCUT2D eigenvalue weighted by molar-refractivity contribution is 0.00537. The summed E-state index contributed by atoms with van der Waals surface area (Å²) in [4.78, 5) is 33.5. The van der Waals surface area contributed by atoms with Crippen molar-refractivity contribution in [3.8, 4) is 28.9 Å². The Morgan fingerprint density at radius 2 is 1.85 bits per heavy atom. The van der Waals surface area contributed by atoms with Crippen molar-refractivity contribution in [3.63, 3.8) is 0 Å². The molecule has 4 aromatic rings. The fourth-order valence-electron chi connectivity index (χ4n) is 9.32. The molecule has 5 aliphatic heterocycles. The third kappa shape index (κ3) is 6.03. The van der Waals surface area contributed by atoms with Crippen LogP contribution in [0.4, 0.5) is 28.2 Å². The molecule has 5 aliphatic rings. The fourth-order valence-corrected chi connectivity index (χ4v) is 9.32. The first kappa shape index (κ1) is 36.0. The first-order valence-corrected chi connectivity index (χ1v) is 18.7. The molecule has 0 unspecified atom stereocenters. The van der Waals surface area contributed by atoms with Crippen LogP contribution in [-0.4, -0.2) is 113 Å². The molecule has 0 spiro atoms. The van der Waals surface area contributed by atoms with Gasteiger partial charge in [0.2, 0.25) is 5.88 Å². The standard InChI is InChI=1S/C39H42F4N6O6/c1-38(2,3)55-37(50)49-22-7-9-26(49)27-17-52-35-29-33(45-36(46-34(29)48(27)16-22)53-18-39-10-5-11-47(39)15-21(40)14-39)31(43)32(44-35)24-13-23(54-19-51-4)12-20-6-8-25(41)30(42)28(20)24/h6,8,12-13,21-22,26-27H,5,7,9-11,14-19H2,1-4H3/t21-,22-,26+,27-,39-/m1/s1. The first-order chi connectivity index (χ1) is 26.3. The largest absolute Gasteiger partial charge is 0.475 e. The summed E-state index contributed by atoms with van der Waals surface area (Å²) in [6.45, 7) is 6.84. The number of aromatic nitrogens is 3. The van der Waals surface area contributed by atoms with Gasteiger partial charge < -0.3 is 28.6 Å². The molecule has 2 aromatic carbocycles. The van der Waals surface area contributed by atoms with E-state index in [0.29, 0.717) is 38.2 Å². The highest BCUT2D eigenvalue weighted by Crippen LogP contribution is 2.47. The molecule has 1 amide bonds. The minimum Gasteiger partial charge on any atom is -0.475 e. The average molecular weight is 767 g/mol. The number of alkyl halides is 1. The summed E-state index contributed by atoms with van der Waals surface area (Å²) < 4.78 is 91.8. The van der Waals surface area contributed by atoms with Gasteiger partial charge in [-0.05, 0) is 76.6 Å². The first-order valence-electron chi connectivity index (χ1n) is 18.7. The third-order valence-electron chi connectivity index (χ3n) is 11.6. The Bertz CT molecular complexity index is 2210. The molecule has 0 radical (unpaired) electrons. The summed E-state index contributed by atoms with van der Waals surface area (Å²) in [5.74, 6) is -2.76. The molecule has 0 aliphatic carbocycles. The zero-order valence-electron chi connectivity index (χ0n) is 31.0. The van der Waals surface area contributed by atoms with Crippen molar-refractivity contribution in [2.24, 2.45) is 0 Å². The number of hydrogen-bond acceptors (Lipinski definition) is 11. The lowest BCUT2D eigenvalue weighted by Gasteiger charge is -2.46. The highest BCUT2D eigenvalue weighted by Gasteiger charge is 2.52. The van der Waals surface area contributed by atoms with E-state index in [-0.39, 0.29) is 82.7 Å². The smallest absolute Gasteiger partial charge is 0.410 e. The van der Waals surface area contributed by atoms with Gasteiger partial charge in [-0.3, -0.25) is 9.80 Å². The lowest BCUT2D eigenvalue weighted by Crippen LogP contribution is -2.63. The molecule has 4 fully saturated rings. The van der Waals surface area contributed by atoms with Crippen LogP contribution in [0.2, 0.25) is 0 Å². The number of anilines is 1. The summed E-state index contributed by atoms with van der Waals surface area (Å²) in [6, 6.07) is 4.09. The van der Waals surface area contributed by atoms with Crippen molar-refractivity contribution >= 4 is 33.6 Å². The van der Waals surface area contributed by atoms with Crippen molar-refractivity contribution in [2.75, 3.05) is 51.7 Å². The van der Waals surface area contributed by atoms with Crippen LogP contribution in [0.5, 0.6) is 17.6 Å². The van der Waals surface area contributed by atoms with E-state index in [1.807, 2.05) is 25.7 Å². The van der Waals surface area contributed by atoms with Crippen LogP contribution in [0, 0.1) is 17.5 Å². The molecule has 4 saturated heterocycles. The Kier molecular flexibility index (Phi) is 8.64. The van der Waals surface area contributed by atoms with Crippen molar-refractivity contribution in [3.05, 3.63) is 41.7 Å². The van der Waals surface area contributed by atoms with E-state index >= 15 is 8.78 Å². The van der Waals surface area contributed by atoms with E-state index in [9.17, 15) is 13.6 Å². The summed E-state index contributed by atoms with van der Waals surface area (Å²) in [5.41, 5.74) is -1.90. The van der Waals surface area contributed by atoms with E-state index in [2.05, 4.69) is 14.9 Å². The second-order valence-corrected chi connectivity index (χ2v) is 16.2. The van der Waals surface area contributed by atoms with Gasteiger partial charge in [0.15, 0.2) is 24.2 Å². The molecule has 55 heavy (non-hydrogen) atoms. The van der Waals surface area contributed by atoms with Gasteiger partial charge in [-0.1, -0.05) is 6.07 Å². The average Bonchev–Trinajstić information content (AvgIpc) is 3.75. The van der Waals surface area contributed by atoms with Gasteiger partial charge in [0.1, 0.15) is 53.2 Å². The van der Waals surface area contributed by atoms with E-state index < -0.39 is 46.9 Å². The van der Waals surface area contributed by atoms with E-state index in [0.717, 1.165) is 25.5 Å². The molecule has 2 aromatic heterocycles. The Hall–Kier alpha value is -4.70. The fraction of sp³-hybridized carbons (Fsp3) is 0.538. The van der Waals surface area contributed by atoms with Gasteiger partial charge in [-0.2, -0.15) is 9.97 Å². The zero-order chi connectivity index (χ0) is 38.4. The third-order valence-corrected chi connectivity index (χ3v) is 11.6. The maximum absolute atomic E-state index is 17.4. The van der Waals surface area contributed by atoms with E-state index in [1.54, 1.807) is 4.90 Å². The highest BCUT2D eigenvalue weighted by molar-refractivity contribution is 6.02. The summed E-state index contributed by atoms with van der Waals surface area (Å²) in [7, 11) is 1.43. The number of hydrogen-bond donors (Lipinski definition) is 0. The molecule has 0 N–H and O–H groups in total. The van der Waals surface area contributed by atoms with Crippen molar-refractivity contribution in [1.29, 1.82) is 0 Å². The molecule has 2 bridgehead atoms. The number of benzene rings is 2. The van der Waals surface area contributed by atoms with Gasteiger partial charge in [-0.15, -0.1) is 0 Å². The second kappa shape index (κ2) is 13.2. The number of amides is 1. The maximum atomic E-state index is 17.4. The number of carbonyl (C=O) groups excluding carboxylic acids is 1. The molecule has 9 rings (SSSR count). The SMILES string of the molecule is COCOc1cc(-c2nc3c4c(nc(OC[C@]56CCCN5C[C@H](F)C6)nc4c2F)N2C[C@H]4CC[C@@H]([C@H]2CO3)N4C(=O)OC(C)(C)C)c2c(F)c(F)ccc2c1. The normalized spacial score (nSPS) is 25.9. The Morgan fingerprint density at radius 1 is 1.02 bits per heavy atom. The number of halogens is 4. The molecular formula is C39H42F4N6O6. The summed E-state index contributed by atoms with van der Waals surface area (Å²) >= 11 is 0. The minimum atomic E-state index is -1.19. The number of fused-ring (bicyclic) bond motifs is 7. The Morgan fingerprint density at radius 3 is 2.65 bits per heavy atom. The molecule has 292 valence electrons. The monoisotopic (exact) mass is 766 g/mol. The Balaban J connectivity index is 1.20. The molecular weight excluding hydrogens is 724 g/mol. The van der Waals surface area contributed by atoms with Crippen LogP contribution >= 0.6 is 0 Å². The van der Waals surface area contributed by atoms with Gasteiger partial charge >= 0.3 is 12.1 Å². The molecule has 7 heterocycles. The lowest BCUT2D eigenvalue weighted by atomic mass is 9.95. The van der Waals surface area contributed by atoms with Crippen LogP contribution in [0.25, 0.3) is 32.9 Å². The number of methoxy groups -OCH3 is 1. The number of piperazine rings is 1. The van der Waals surface area contributed by atoms with Crippen LogP contribution in [0.15, 0.2) is 24.3 Å².